The summed E-state index contributed by atoms with van der Waals surface area (Å²) in [4.78, 5) is 14.0. The van der Waals surface area contributed by atoms with Crippen LogP contribution in [-0.4, -0.2) is 36.1 Å². The van der Waals surface area contributed by atoms with Crippen molar-refractivity contribution >= 4 is 11.8 Å². The van der Waals surface area contributed by atoms with Crippen LogP contribution in [0.15, 0.2) is 12.3 Å². The third-order valence-corrected chi connectivity index (χ3v) is 3.88. The molecule has 1 aromatic rings. The summed E-state index contributed by atoms with van der Waals surface area (Å²) >= 11 is 0. The molecule has 0 aliphatic carbocycles. The quantitative estimate of drug-likeness (QED) is 0.797. The van der Waals surface area contributed by atoms with Crippen molar-refractivity contribution in [3.63, 3.8) is 0 Å². The fourth-order valence-electron chi connectivity index (χ4n) is 2.92. The second-order valence-corrected chi connectivity index (χ2v) is 5.90. The Morgan fingerprint density at radius 2 is 2.05 bits per heavy atom. The molecule has 0 radical (unpaired) electrons. The van der Waals surface area contributed by atoms with Crippen LogP contribution in [0.3, 0.4) is 0 Å². The molecule has 1 aromatic heterocycles. The summed E-state index contributed by atoms with van der Waals surface area (Å²) in [7, 11) is 0. The Labute approximate surface area is 123 Å². The molecule has 2 rings (SSSR count). The second-order valence-electron chi connectivity index (χ2n) is 5.90. The van der Waals surface area contributed by atoms with E-state index in [9.17, 15) is 0 Å². The monoisotopic (exact) mass is 276 g/mol. The van der Waals surface area contributed by atoms with Crippen molar-refractivity contribution in [1.29, 1.82) is 0 Å². The van der Waals surface area contributed by atoms with E-state index in [4.69, 9.17) is 4.98 Å². The molecule has 0 aromatic carbocycles. The summed E-state index contributed by atoms with van der Waals surface area (Å²) < 4.78 is 0. The molecule has 0 saturated carbocycles. The van der Waals surface area contributed by atoms with Gasteiger partial charge in [-0.1, -0.05) is 20.8 Å². The number of rotatable bonds is 6. The van der Waals surface area contributed by atoms with Crippen molar-refractivity contribution in [2.24, 2.45) is 5.92 Å². The van der Waals surface area contributed by atoms with Crippen molar-refractivity contribution in [2.75, 3.05) is 36.0 Å². The lowest BCUT2D eigenvalue weighted by Gasteiger charge is -2.31. The van der Waals surface area contributed by atoms with E-state index in [2.05, 4.69) is 35.6 Å². The zero-order valence-electron chi connectivity index (χ0n) is 13.2. The van der Waals surface area contributed by atoms with Crippen LogP contribution in [0.5, 0.6) is 0 Å². The first-order valence-corrected chi connectivity index (χ1v) is 8.07. The molecule has 1 aliphatic rings. The maximum Gasteiger partial charge on any atom is 0.227 e. The largest absolute Gasteiger partial charge is 0.356 e. The predicted octanol–water partition coefficient (Wildman–Crippen LogP) is 3.34. The van der Waals surface area contributed by atoms with Crippen molar-refractivity contribution in [3.8, 4) is 0 Å². The van der Waals surface area contributed by atoms with Crippen LogP contribution in [0.4, 0.5) is 11.8 Å². The Balaban J connectivity index is 2.13. The maximum atomic E-state index is 4.81. The zero-order chi connectivity index (χ0) is 14.4. The van der Waals surface area contributed by atoms with E-state index < -0.39 is 0 Å². The normalized spacial score (nSPS) is 19.1. The average Bonchev–Trinajstić information content (AvgIpc) is 2.47. The molecular formula is C16H28N4. The Bertz CT molecular complexity index is 381. The topological polar surface area (TPSA) is 32.3 Å². The summed E-state index contributed by atoms with van der Waals surface area (Å²) in [6.45, 7) is 11.1. The highest BCUT2D eigenvalue weighted by molar-refractivity contribution is 5.44. The smallest absolute Gasteiger partial charge is 0.227 e. The molecule has 0 spiro atoms. The van der Waals surface area contributed by atoms with Gasteiger partial charge in [0.25, 0.3) is 0 Å². The molecule has 1 unspecified atom stereocenters. The van der Waals surface area contributed by atoms with E-state index in [0.29, 0.717) is 0 Å². The Morgan fingerprint density at radius 3 is 2.70 bits per heavy atom. The summed E-state index contributed by atoms with van der Waals surface area (Å²) in [5.41, 5.74) is 0. The lowest BCUT2D eigenvalue weighted by molar-refractivity contribution is 0.442. The minimum atomic E-state index is 0.749. The minimum Gasteiger partial charge on any atom is -0.356 e. The summed E-state index contributed by atoms with van der Waals surface area (Å²) in [5, 5.41) is 0. The van der Waals surface area contributed by atoms with Crippen LogP contribution in [0.25, 0.3) is 0 Å². The van der Waals surface area contributed by atoms with Gasteiger partial charge in [-0.2, -0.15) is 4.98 Å². The van der Waals surface area contributed by atoms with Crippen LogP contribution in [0.1, 0.15) is 46.5 Å². The summed E-state index contributed by atoms with van der Waals surface area (Å²) in [6.07, 6.45) is 6.80. The third kappa shape index (κ3) is 3.84. The van der Waals surface area contributed by atoms with Crippen LogP contribution < -0.4 is 9.80 Å². The molecule has 1 saturated heterocycles. The van der Waals surface area contributed by atoms with E-state index in [1.54, 1.807) is 0 Å². The van der Waals surface area contributed by atoms with Gasteiger partial charge >= 0.3 is 0 Å². The number of nitrogens with zero attached hydrogens (tertiary/aromatic N) is 4. The molecule has 0 amide bonds. The van der Waals surface area contributed by atoms with Crippen molar-refractivity contribution in [3.05, 3.63) is 12.3 Å². The number of aromatic nitrogens is 2. The summed E-state index contributed by atoms with van der Waals surface area (Å²) in [5.74, 6) is 2.74. The van der Waals surface area contributed by atoms with Gasteiger partial charge in [-0.15, -0.1) is 0 Å². The van der Waals surface area contributed by atoms with Gasteiger partial charge in [-0.25, -0.2) is 4.98 Å². The zero-order valence-corrected chi connectivity index (χ0v) is 13.2. The van der Waals surface area contributed by atoms with Gasteiger partial charge < -0.3 is 9.80 Å². The second kappa shape index (κ2) is 7.46. The first-order chi connectivity index (χ1) is 9.74. The molecular weight excluding hydrogens is 248 g/mol. The Kier molecular flexibility index (Phi) is 5.62. The van der Waals surface area contributed by atoms with Crippen molar-refractivity contribution in [2.45, 2.75) is 46.5 Å². The molecule has 1 fully saturated rings. The van der Waals surface area contributed by atoms with Gasteiger partial charge in [-0.3, -0.25) is 0 Å². The van der Waals surface area contributed by atoms with Crippen LogP contribution in [0.2, 0.25) is 0 Å². The molecule has 0 N–H and O–H groups in total. The molecule has 20 heavy (non-hydrogen) atoms. The van der Waals surface area contributed by atoms with Gasteiger partial charge in [0, 0.05) is 32.4 Å². The van der Waals surface area contributed by atoms with Gasteiger partial charge in [-0.05, 0) is 37.7 Å². The van der Waals surface area contributed by atoms with Crippen LogP contribution >= 0.6 is 0 Å². The lowest BCUT2D eigenvalue weighted by Crippen LogP contribution is -2.36. The highest BCUT2D eigenvalue weighted by atomic mass is 15.3. The van der Waals surface area contributed by atoms with Crippen LogP contribution in [-0.2, 0) is 0 Å². The van der Waals surface area contributed by atoms with Gasteiger partial charge in [0.15, 0.2) is 0 Å². The Hall–Kier alpha value is -1.32. The first-order valence-electron chi connectivity index (χ1n) is 8.07. The first kappa shape index (κ1) is 15.1. The summed E-state index contributed by atoms with van der Waals surface area (Å²) in [6, 6.07) is 2.04. The van der Waals surface area contributed by atoms with E-state index in [1.165, 1.54) is 12.8 Å². The fourth-order valence-corrected chi connectivity index (χ4v) is 2.92. The number of hydrogen-bond donors (Lipinski definition) is 0. The molecule has 0 bridgehead atoms. The van der Waals surface area contributed by atoms with Crippen molar-refractivity contribution < 1.29 is 0 Å². The SMILES string of the molecule is CCCN(CCC)c1ccnc(N2CCCC(C)C2)n1. The predicted molar refractivity (Wildman–Crippen MR) is 85.4 cm³/mol. The van der Waals surface area contributed by atoms with Gasteiger partial charge in [0.05, 0.1) is 0 Å². The third-order valence-electron chi connectivity index (χ3n) is 3.88. The number of hydrogen-bond acceptors (Lipinski definition) is 4. The molecule has 4 heteroatoms. The number of piperidine rings is 1. The molecule has 112 valence electrons. The molecule has 1 atom stereocenters. The van der Waals surface area contributed by atoms with Gasteiger partial charge in [0.1, 0.15) is 5.82 Å². The van der Waals surface area contributed by atoms with E-state index in [-0.39, 0.29) is 0 Å². The average molecular weight is 276 g/mol. The van der Waals surface area contributed by atoms with Crippen molar-refractivity contribution in [1.82, 2.24) is 9.97 Å². The molecule has 2 heterocycles. The Morgan fingerprint density at radius 1 is 1.30 bits per heavy atom. The molecule has 1 aliphatic heterocycles. The number of anilines is 2. The minimum absolute atomic E-state index is 0.749. The highest BCUT2D eigenvalue weighted by Gasteiger charge is 2.19. The van der Waals surface area contributed by atoms with Gasteiger partial charge in [0.2, 0.25) is 5.95 Å². The lowest BCUT2D eigenvalue weighted by atomic mass is 10.0. The highest BCUT2D eigenvalue weighted by Crippen LogP contribution is 2.21. The van der Waals surface area contributed by atoms with Crippen LogP contribution in [0, 0.1) is 5.92 Å². The fraction of sp³-hybridized carbons (Fsp3) is 0.750. The van der Waals surface area contributed by atoms with E-state index >= 15 is 0 Å². The van der Waals surface area contributed by atoms with E-state index in [0.717, 1.165) is 56.7 Å². The maximum absolute atomic E-state index is 4.81. The molecule has 4 nitrogen and oxygen atoms in total. The standard InChI is InChI=1S/C16H28N4/c1-4-10-19(11-5-2)15-8-9-17-16(18-15)20-12-6-7-14(3)13-20/h8-9,14H,4-7,10-13H2,1-3H3. The van der Waals surface area contributed by atoms with E-state index in [1.807, 2.05) is 12.3 Å².